The zero-order valence-electron chi connectivity index (χ0n) is 14.7. The van der Waals surface area contributed by atoms with Crippen LogP contribution in [-0.4, -0.2) is 27.8 Å². The molecule has 2 heterocycles. The predicted molar refractivity (Wildman–Crippen MR) is 99.1 cm³/mol. The fourth-order valence-corrected chi connectivity index (χ4v) is 3.36. The van der Waals surface area contributed by atoms with Crippen LogP contribution in [-0.2, 0) is 18.3 Å². The molecule has 3 aromatic rings. The van der Waals surface area contributed by atoms with Crippen molar-refractivity contribution in [3.05, 3.63) is 46.6 Å². The molecule has 0 aliphatic heterocycles. The Labute approximate surface area is 150 Å². The van der Waals surface area contributed by atoms with Gasteiger partial charge in [0.2, 0.25) is 5.91 Å². The monoisotopic (exact) mass is 356 g/mol. The van der Waals surface area contributed by atoms with Gasteiger partial charge in [-0.3, -0.25) is 9.48 Å². The standard InChI is InChI=1S/C18H20N4O2S/c1-11-15(12(2)22(3)21-11)9-17(23)20-18-19-16(10-25-18)13-5-7-14(24-4)8-6-13/h5-8,10H,9H2,1-4H3,(H,19,20,23). The number of aryl methyl sites for hydroxylation is 2. The molecule has 2 aromatic heterocycles. The summed E-state index contributed by atoms with van der Waals surface area (Å²) in [5, 5.41) is 9.74. The fraction of sp³-hybridized carbons (Fsp3) is 0.278. The first-order valence-corrected chi connectivity index (χ1v) is 8.74. The average Bonchev–Trinajstić information content (AvgIpc) is 3.15. The Morgan fingerprint density at radius 1 is 1.28 bits per heavy atom. The van der Waals surface area contributed by atoms with Gasteiger partial charge in [0.05, 0.1) is 24.9 Å². The van der Waals surface area contributed by atoms with Gasteiger partial charge >= 0.3 is 0 Å². The number of thiazole rings is 1. The van der Waals surface area contributed by atoms with Crippen LogP contribution in [0.4, 0.5) is 5.13 Å². The largest absolute Gasteiger partial charge is 0.497 e. The second kappa shape index (κ2) is 7.06. The van der Waals surface area contributed by atoms with Crippen molar-refractivity contribution in [2.75, 3.05) is 12.4 Å². The van der Waals surface area contributed by atoms with Gasteiger partial charge in [-0.05, 0) is 38.1 Å². The smallest absolute Gasteiger partial charge is 0.230 e. The van der Waals surface area contributed by atoms with Gasteiger partial charge in [0.25, 0.3) is 0 Å². The number of benzene rings is 1. The normalized spacial score (nSPS) is 10.7. The summed E-state index contributed by atoms with van der Waals surface area (Å²) in [6.45, 7) is 3.88. The van der Waals surface area contributed by atoms with Crippen molar-refractivity contribution >= 4 is 22.4 Å². The second-order valence-electron chi connectivity index (χ2n) is 5.76. The highest BCUT2D eigenvalue weighted by molar-refractivity contribution is 7.14. The van der Waals surface area contributed by atoms with E-state index in [1.165, 1.54) is 11.3 Å². The molecule has 0 spiro atoms. The number of anilines is 1. The summed E-state index contributed by atoms with van der Waals surface area (Å²) in [4.78, 5) is 16.8. The third-order valence-electron chi connectivity index (χ3n) is 4.13. The number of carbonyl (C=O) groups is 1. The van der Waals surface area contributed by atoms with Gasteiger partial charge < -0.3 is 10.1 Å². The van der Waals surface area contributed by atoms with Gasteiger partial charge in [0.1, 0.15) is 5.75 Å². The Morgan fingerprint density at radius 2 is 2.00 bits per heavy atom. The fourth-order valence-electron chi connectivity index (χ4n) is 2.62. The Kier molecular flexibility index (Phi) is 4.85. The van der Waals surface area contributed by atoms with E-state index in [9.17, 15) is 4.79 Å². The maximum atomic E-state index is 12.3. The lowest BCUT2D eigenvalue weighted by Crippen LogP contribution is -2.15. The summed E-state index contributed by atoms with van der Waals surface area (Å²) in [6, 6.07) is 7.67. The van der Waals surface area contributed by atoms with E-state index >= 15 is 0 Å². The van der Waals surface area contributed by atoms with Crippen LogP contribution in [0.3, 0.4) is 0 Å². The van der Waals surface area contributed by atoms with Gasteiger partial charge in [-0.15, -0.1) is 11.3 Å². The molecule has 7 heteroatoms. The maximum absolute atomic E-state index is 12.3. The minimum atomic E-state index is -0.0881. The summed E-state index contributed by atoms with van der Waals surface area (Å²) in [5.74, 6) is 0.713. The molecule has 0 saturated heterocycles. The SMILES string of the molecule is COc1ccc(-c2csc(NC(=O)Cc3c(C)nn(C)c3C)n2)cc1. The van der Waals surface area contributed by atoms with E-state index < -0.39 is 0 Å². The Hall–Kier alpha value is -2.67. The van der Waals surface area contributed by atoms with Crippen molar-refractivity contribution in [3.8, 4) is 17.0 Å². The highest BCUT2D eigenvalue weighted by atomic mass is 32.1. The van der Waals surface area contributed by atoms with Crippen LogP contribution in [0.5, 0.6) is 5.75 Å². The van der Waals surface area contributed by atoms with E-state index in [2.05, 4.69) is 15.4 Å². The van der Waals surface area contributed by atoms with Gasteiger partial charge in [-0.2, -0.15) is 5.10 Å². The number of nitrogens with one attached hydrogen (secondary N) is 1. The minimum Gasteiger partial charge on any atom is -0.497 e. The highest BCUT2D eigenvalue weighted by Crippen LogP contribution is 2.26. The van der Waals surface area contributed by atoms with E-state index in [0.29, 0.717) is 11.6 Å². The number of hydrogen-bond acceptors (Lipinski definition) is 5. The summed E-state index contributed by atoms with van der Waals surface area (Å²) >= 11 is 1.41. The van der Waals surface area contributed by atoms with Crippen LogP contribution in [0.1, 0.15) is 17.0 Å². The first-order valence-electron chi connectivity index (χ1n) is 7.87. The van der Waals surface area contributed by atoms with Crippen LogP contribution >= 0.6 is 11.3 Å². The molecule has 0 atom stereocenters. The lowest BCUT2D eigenvalue weighted by atomic mass is 10.1. The molecule has 130 valence electrons. The molecule has 1 amide bonds. The highest BCUT2D eigenvalue weighted by Gasteiger charge is 2.15. The zero-order chi connectivity index (χ0) is 18.0. The number of carbonyl (C=O) groups excluding carboxylic acids is 1. The molecule has 0 saturated carbocycles. The van der Waals surface area contributed by atoms with Crippen molar-refractivity contribution in [3.63, 3.8) is 0 Å². The lowest BCUT2D eigenvalue weighted by Gasteiger charge is -2.03. The minimum absolute atomic E-state index is 0.0881. The van der Waals surface area contributed by atoms with Crippen LogP contribution in [0.15, 0.2) is 29.6 Å². The molecule has 0 fully saturated rings. The molecule has 0 aliphatic carbocycles. The molecule has 0 aliphatic rings. The van der Waals surface area contributed by atoms with Crippen molar-refractivity contribution in [2.24, 2.45) is 7.05 Å². The van der Waals surface area contributed by atoms with E-state index in [-0.39, 0.29) is 5.91 Å². The van der Waals surface area contributed by atoms with Gasteiger partial charge in [-0.25, -0.2) is 4.98 Å². The summed E-state index contributed by atoms with van der Waals surface area (Å²) in [5.41, 5.74) is 4.67. The number of methoxy groups -OCH3 is 1. The van der Waals surface area contributed by atoms with Crippen LogP contribution in [0.2, 0.25) is 0 Å². The van der Waals surface area contributed by atoms with Crippen LogP contribution in [0.25, 0.3) is 11.3 Å². The average molecular weight is 356 g/mol. The number of amides is 1. The number of nitrogens with zero attached hydrogens (tertiary/aromatic N) is 3. The molecule has 1 N–H and O–H groups in total. The molecular formula is C18H20N4O2S. The van der Waals surface area contributed by atoms with Crippen LogP contribution in [0, 0.1) is 13.8 Å². The third kappa shape index (κ3) is 3.71. The molecule has 6 nitrogen and oxygen atoms in total. The maximum Gasteiger partial charge on any atom is 0.230 e. The van der Waals surface area contributed by atoms with Crippen molar-refractivity contribution in [1.82, 2.24) is 14.8 Å². The summed E-state index contributed by atoms with van der Waals surface area (Å²) in [6.07, 6.45) is 0.295. The van der Waals surface area contributed by atoms with Crippen molar-refractivity contribution < 1.29 is 9.53 Å². The quantitative estimate of drug-likeness (QED) is 0.761. The Morgan fingerprint density at radius 3 is 2.60 bits per heavy atom. The van der Waals surface area contributed by atoms with Gasteiger partial charge in [0, 0.05) is 29.2 Å². The Bertz CT molecular complexity index is 896. The predicted octanol–water partition coefficient (Wildman–Crippen LogP) is 3.35. The first-order chi connectivity index (χ1) is 12.0. The van der Waals surface area contributed by atoms with Gasteiger partial charge in [0.15, 0.2) is 5.13 Å². The second-order valence-corrected chi connectivity index (χ2v) is 6.62. The van der Waals surface area contributed by atoms with Crippen LogP contribution < -0.4 is 10.1 Å². The van der Waals surface area contributed by atoms with E-state index in [4.69, 9.17) is 4.74 Å². The first kappa shape index (κ1) is 17.2. The number of hydrogen-bond donors (Lipinski definition) is 1. The Balaban J connectivity index is 1.69. The molecular weight excluding hydrogens is 336 g/mol. The van der Waals surface area contributed by atoms with E-state index in [0.717, 1.165) is 34.0 Å². The molecule has 0 radical (unpaired) electrons. The van der Waals surface area contributed by atoms with Crippen molar-refractivity contribution in [2.45, 2.75) is 20.3 Å². The molecule has 0 bridgehead atoms. The molecule has 1 aromatic carbocycles. The summed E-state index contributed by atoms with van der Waals surface area (Å²) in [7, 11) is 3.52. The lowest BCUT2D eigenvalue weighted by molar-refractivity contribution is -0.115. The van der Waals surface area contributed by atoms with E-state index in [1.807, 2.05) is 50.5 Å². The third-order valence-corrected chi connectivity index (χ3v) is 4.89. The number of aromatic nitrogens is 3. The topological polar surface area (TPSA) is 69.0 Å². The number of rotatable bonds is 5. The zero-order valence-corrected chi connectivity index (χ0v) is 15.5. The molecule has 25 heavy (non-hydrogen) atoms. The number of ether oxygens (including phenoxy) is 1. The summed E-state index contributed by atoms with van der Waals surface area (Å²) < 4.78 is 6.95. The van der Waals surface area contributed by atoms with Gasteiger partial charge in [-0.1, -0.05) is 0 Å². The van der Waals surface area contributed by atoms with Crippen molar-refractivity contribution in [1.29, 1.82) is 0 Å². The molecule has 0 unspecified atom stereocenters. The van der Waals surface area contributed by atoms with E-state index in [1.54, 1.807) is 11.8 Å². The molecule has 3 rings (SSSR count).